The first-order valence-corrected chi connectivity index (χ1v) is 5.76. The molecular formula is C11H20N2O. The van der Waals surface area contributed by atoms with Gasteiger partial charge in [-0.2, -0.15) is 0 Å². The Bertz CT molecular complexity index is 211. The van der Waals surface area contributed by atoms with Crippen LogP contribution >= 0.6 is 0 Å². The van der Waals surface area contributed by atoms with E-state index in [-0.39, 0.29) is 5.91 Å². The van der Waals surface area contributed by atoms with Crippen LogP contribution < -0.4 is 5.32 Å². The van der Waals surface area contributed by atoms with Gasteiger partial charge >= 0.3 is 0 Å². The zero-order valence-electron chi connectivity index (χ0n) is 8.96. The third-order valence-corrected chi connectivity index (χ3v) is 3.42. The van der Waals surface area contributed by atoms with Crippen molar-refractivity contribution in [3.63, 3.8) is 0 Å². The molecule has 2 unspecified atom stereocenters. The van der Waals surface area contributed by atoms with Crippen molar-refractivity contribution in [2.45, 2.75) is 26.2 Å². The quantitative estimate of drug-likeness (QED) is 0.723. The van der Waals surface area contributed by atoms with Gasteiger partial charge in [0, 0.05) is 13.1 Å². The van der Waals surface area contributed by atoms with Crippen molar-refractivity contribution < 1.29 is 4.79 Å². The maximum Gasteiger partial charge on any atom is 0.236 e. The first-order chi connectivity index (χ1) is 6.77. The maximum atomic E-state index is 11.6. The predicted octanol–water partition coefficient (Wildman–Crippen LogP) is 0.854. The molecule has 1 aliphatic carbocycles. The number of carbonyl (C=O) groups excluding carboxylic acids is 1. The predicted molar refractivity (Wildman–Crippen MR) is 56.0 cm³/mol. The van der Waals surface area contributed by atoms with Crippen LogP contribution in [-0.2, 0) is 4.79 Å². The van der Waals surface area contributed by atoms with Crippen molar-refractivity contribution in [1.29, 1.82) is 0 Å². The van der Waals surface area contributed by atoms with E-state index in [9.17, 15) is 4.79 Å². The maximum absolute atomic E-state index is 11.6. The topological polar surface area (TPSA) is 32.3 Å². The van der Waals surface area contributed by atoms with Gasteiger partial charge in [0.05, 0.1) is 6.54 Å². The molecule has 0 radical (unpaired) electrons. The van der Waals surface area contributed by atoms with Crippen molar-refractivity contribution in [2.24, 2.45) is 11.8 Å². The number of rotatable bonds is 4. The molecule has 0 aromatic carbocycles. The molecule has 0 aromatic heterocycles. The molecular weight excluding hydrogens is 176 g/mol. The molecule has 0 spiro atoms. The molecule has 1 saturated carbocycles. The lowest BCUT2D eigenvalue weighted by molar-refractivity contribution is -0.129. The minimum absolute atomic E-state index is 0.288. The fourth-order valence-corrected chi connectivity index (χ4v) is 2.13. The van der Waals surface area contributed by atoms with Crippen LogP contribution in [0.2, 0.25) is 0 Å². The Kier molecular flexibility index (Phi) is 3.06. The second-order valence-electron chi connectivity index (χ2n) is 4.69. The molecule has 14 heavy (non-hydrogen) atoms. The second-order valence-corrected chi connectivity index (χ2v) is 4.69. The van der Waals surface area contributed by atoms with Gasteiger partial charge in [0.25, 0.3) is 0 Å². The van der Waals surface area contributed by atoms with Gasteiger partial charge in [-0.1, -0.05) is 6.92 Å². The number of hydrogen-bond donors (Lipinski definition) is 1. The summed E-state index contributed by atoms with van der Waals surface area (Å²) in [6.45, 7) is 5.79. The van der Waals surface area contributed by atoms with Gasteiger partial charge in [-0.25, -0.2) is 0 Å². The summed E-state index contributed by atoms with van der Waals surface area (Å²) in [7, 11) is 0. The smallest absolute Gasteiger partial charge is 0.236 e. The summed E-state index contributed by atoms with van der Waals surface area (Å²) < 4.78 is 0. The second kappa shape index (κ2) is 4.30. The summed E-state index contributed by atoms with van der Waals surface area (Å²) in [6.07, 6.45) is 3.71. The monoisotopic (exact) mass is 196 g/mol. The van der Waals surface area contributed by atoms with Gasteiger partial charge in [-0.05, 0) is 37.6 Å². The molecule has 3 nitrogen and oxygen atoms in total. The Morgan fingerprint density at radius 3 is 2.64 bits per heavy atom. The molecule has 3 heteroatoms. The van der Waals surface area contributed by atoms with Crippen molar-refractivity contribution in [3.8, 4) is 0 Å². The van der Waals surface area contributed by atoms with Gasteiger partial charge in [0.15, 0.2) is 0 Å². The van der Waals surface area contributed by atoms with E-state index in [1.807, 2.05) is 4.90 Å². The highest BCUT2D eigenvalue weighted by molar-refractivity contribution is 5.78. The molecule has 80 valence electrons. The van der Waals surface area contributed by atoms with Crippen LogP contribution in [0.15, 0.2) is 0 Å². The van der Waals surface area contributed by atoms with Crippen LogP contribution in [0.1, 0.15) is 26.2 Å². The Labute approximate surface area is 85.8 Å². The number of carbonyl (C=O) groups is 1. The van der Waals surface area contributed by atoms with E-state index in [1.54, 1.807) is 0 Å². The van der Waals surface area contributed by atoms with Gasteiger partial charge < -0.3 is 10.2 Å². The lowest BCUT2D eigenvalue weighted by Crippen LogP contribution is -2.36. The lowest BCUT2D eigenvalue weighted by atomic mass is 10.3. The molecule has 2 atom stereocenters. The Morgan fingerprint density at radius 2 is 2.07 bits per heavy atom. The van der Waals surface area contributed by atoms with E-state index in [2.05, 4.69) is 12.2 Å². The Hall–Kier alpha value is -0.570. The molecule has 2 rings (SSSR count). The number of likely N-dealkylation sites (tertiary alicyclic amines) is 1. The standard InChI is InChI=1S/C11H20N2O/c1-9-6-10(9)7-12-8-11(14)13-4-2-3-5-13/h9-10,12H,2-8H2,1H3. The zero-order valence-corrected chi connectivity index (χ0v) is 8.96. The molecule has 1 amide bonds. The minimum Gasteiger partial charge on any atom is -0.342 e. The number of amides is 1. The number of nitrogens with zero attached hydrogens (tertiary/aromatic N) is 1. The average molecular weight is 196 g/mol. The Balaban J connectivity index is 1.57. The van der Waals surface area contributed by atoms with Gasteiger partial charge in [0.1, 0.15) is 0 Å². The fourth-order valence-electron chi connectivity index (χ4n) is 2.13. The van der Waals surface area contributed by atoms with Crippen LogP contribution in [-0.4, -0.2) is 37.0 Å². The summed E-state index contributed by atoms with van der Waals surface area (Å²) >= 11 is 0. The van der Waals surface area contributed by atoms with Crippen LogP contribution in [0.5, 0.6) is 0 Å². The Morgan fingerprint density at radius 1 is 1.43 bits per heavy atom. The van der Waals surface area contributed by atoms with Crippen molar-refractivity contribution >= 4 is 5.91 Å². The SMILES string of the molecule is CC1CC1CNCC(=O)N1CCCC1. The molecule has 1 aliphatic heterocycles. The third kappa shape index (κ3) is 2.47. The van der Waals surface area contributed by atoms with E-state index in [0.717, 1.165) is 31.5 Å². The summed E-state index contributed by atoms with van der Waals surface area (Å²) in [4.78, 5) is 13.6. The van der Waals surface area contributed by atoms with Crippen molar-refractivity contribution in [2.75, 3.05) is 26.2 Å². The largest absolute Gasteiger partial charge is 0.342 e. The van der Waals surface area contributed by atoms with Crippen molar-refractivity contribution in [3.05, 3.63) is 0 Å². The summed E-state index contributed by atoms with van der Waals surface area (Å²) in [5.41, 5.74) is 0. The molecule has 2 fully saturated rings. The van der Waals surface area contributed by atoms with E-state index >= 15 is 0 Å². The normalized spacial score (nSPS) is 30.8. The number of hydrogen-bond acceptors (Lipinski definition) is 2. The molecule has 2 aliphatic rings. The molecule has 0 aromatic rings. The lowest BCUT2D eigenvalue weighted by Gasteiger charge is -2.15. The summed E-state index contributed by atoms with van der Waals surface area (Å²) in [6, 6.07) is 0. The first kappa shape index (κ1) is 9.97. The molecule has 0 bridgehead atoms. The van der Waals surface area contributed by atoms with Crippen LogP contribution in [0, 0.1) is 11.8 Å². The average Bonchev–Trinajstić information content (AvgIpc) is 2.72. The van der Waals surface area contributed by atoms with Crippen LogP contribution in [0.25, 0.3) is 0 Å². The van der Waals surface area contributed by atoms with Crippen LogP contribution in [0.3, 0.4) is 0 Å². The summed E-state index contributed by atoms with van der Waals surface area (Å²) in [5.74, 6) is 2.00. The number of nitrogens with one attached hydrogen (secondary N) is 1. The van der Waals surface area contributed by atoms with E-state index < -0.39 is 0 Å². The van der Waals surface area contributed by atoms with Crippen molar-refractivity contribution in [1.82, 2.24) is 10.2 Å². The van der Waals surface area contributed by atoms with E-state index in [0.29, 0.717) is 6.54 Å². The minimum atomic E-state index is 0.288. The van der Waals surface area contributed by atoms with Gasteiger partial charge in [-0.3, -0.25) is 4.79 Å². The molecule has 1 heterocycles. The highest BCUT2D eigenvalue weighted by Gasteiger charge is 2.31. The fraction of sp³-hybridized carbons (Fsp3) is 0.909. The zero-order chi connectivity index (χ0) is 9.97. The van der Waals surface area contributed by atoms with Crippen LogP contribution in [0.4, 0.5) is 0 Å². The highest BCUT2D eigenvalue weighted by Crippen LogP contribution is 2.36. The van der Waals surface area contributed by atoms with E-state index in [1.165, 1.54) is 19.3 Å². The molecule has 1 saturated heterocycles. The summed E-state index contributed by atoms with van der Waals surface area (Å²) in [5, 5.41) is 3.26. The molecule has 1 N–H and O–H groups in total. The third-order valence-electron chi connectivity index (χ3n) is 3.42. The van der Waals surface area contributed by atoms with Gasteiger partial charge in [-0.15, -0.1) is 0 Å². The highest BCUT2D eigenvalue weighted by atomic mass is 16.2. The first-order valence-electron chi connectivity index (χ1n) is 5.76. The van der Waals surface area contributed by atoms with Gasteiger partial charge in [0.2, 0.25) is 5.91 Å². The van der Waals surface area contributed by atoms with E-state index in [4.69, 9.17) is 0 Å².